The Balaban J connectivity index is 1.61. The third-order valence-electron chi connectivity index (χ3n) is 5.20. The van der Waals surface area contributed by atoms with Crippen LogP contribution in [0.4, 0.5) is 5.82 Å². The van der Waals surface area contributed by atoms with Crippen LogP contribution in [0.3, 0.4) is 0 Å². The maximum atomic E-state index is 12.6. The average Bonchev–Trinajstić information content (AvgIpc) is 2.69. The van der Waals surface area contributed by atoms with Gasteiger partial charge in [-0.3, -0.25) is 4.79 Å². The summed E-state index contributed by atoms with van der Waals surface area (Å²) in [4.78, 5) is 20.6. The van der Waals surface area contributed by atoms with E-state index in [0.717, 1.165) is 0 Å². The Labute approximate surface area is 172 Å². The van der Waals surface area contributed by atoms with Gasteiger partial charge in [0.25, 0.3) is 5.91 Å². The molecule has 29 heavy (non-hydrogen) atoms. The predicted molar refractivity (Wildman–Crippen MR) is 115 cm³/mol. The summed E-state index contributed by atoms with van der Waals surface area (Å²) < 4.78 is 23.1. The fraction of sp³-hybridized carbons (Fsp3) is 0.429. The van der Waals surface area contributed by atoms with E-state index in [2.05, 4.69) is 46.4 Å². The summed E-state index contributed by atoms with van der Waals surface area (Å²) in [7, 11) is 1.07. The Hall–Kier alpha value is -2.45. The number of aromatic nitrogens is 1. The van der Waals surface area contributed by atoms with Crippen LogP contribution in [0.25, 0.3) is 0 Å². The molecule has 0 spiro atoms. The molecule has 1 amide bonds. The Bertz CT molecular complexity index is 927. The number of amides is 1. The third-order valence-corrected chi connectivity index (χ3v) is 6.81. The van der Waals surface area contributed by atoms with Crippen molar-refractivity contribution in [2.75, 3.05) is 50.6 Å². The molecule has 8 heteroatoms. The van der Waals surface area contributed by atoms with Crippen LogP contribution in [0.1, 0.15) is 27.5 Å². The highest BCUT2D eigenvalue weighted by Gasteiger charge is 2.25. The number of pyridine rings is 1. The number of likely N-dealkylation sites (N-methyl/N-ethyl adjacent to an activating group) is 1. The number of hydrogen-bond donors (Lipinski definition) is 1. The summed E-state index contributed by atoms with van der Waals surface area (Å²) in [5.74, 6) is 0.569. The molecule has 1 fully saturated rings. The molecule has 2 heterocycles. The Morgan fingerprint density at radius 2 is 1.79 bits per heavy atom. The molecular weight excluding hydrogens is 388 g/mol. The molecular formula is C21H28N4O3S. The van der Waals surface area contributed by atoms with Gasteiger partial charge in [-0.15, -0.1) is 0 Å². The van der Waals surface area contributed by atoms with E-state index in [1.165, 1.54) is 11.1 Å². The van der Waals surface area contributed by atoms with E-state index in [-0.39, 0.29) is 36.5 Å². The standard InChI is InChI=1S/C21H28N4O3S/c1-16-4-6-17(7-5-16)19(24(2)3)15-23-20-9-8-18(14-22-20)21(26)25-10-12-29(27,28)13-11-25/h4-9,14,19H,10-13,15H2,1-3H3,(H,22,23). The first-order valence-corrected chi connectivity index (χ1v) is 11.5. The van der Waals surface area contributed by atoms with E-state index in [1.54, 1.807) is 23.2 Å². The molecule has 1 aromatic heterocycles. The normalized spacial score (nSPS) is 17.2. The van der Waals surface area contributed by atoms with Gasteiger partial charge < -0.3 is 15.1 Å². The van der Waals surface area contributed by atoms with Crippen LogP contribution < -0.4 is 5.32 Å². The van der Waals surface area contributed by atoms with E-state index in [0.29, 0.717) is 17.9 Å². The minimum atomic E-state index is -3.01. The lowest BCUT2D eigenvalue weighted by molar-refractivity contribution is 0.0770. The van der Waals surface area contributed by atoms with Gasteiger partial charge in [-0.05, 0) is 38.7 Å². The number of nitrogens with zero attached hydrogens (tertiary/aromatic N) is 3. The number of sulfone groups is 1. The van der Waals surface area contributed by atoms with Crippen LogP contribution in [0.2, 0.25) is 0 Å². The first-order valence-electron chi connectivity index (χ1n) is 9.68. The molecule has 1 unspecified atom stereocenters. The van der Waals surface area contributed by atoms with Gasteiger partial charge in [0.1, 0.15) is 5.82 Å². The van der Waals surface area contributed by atoms with E-state index in [9.17, 15) is 13.2 Å². The number of benzene rings is 1. The number of carbonyl (C=O) groups is 1. The van der Waals surface area contributed by atoms with Crippen LogP contribution in [-0.4, -0.2) is 74.3 Å². The van der Waals surface area contributed by atoms with Crippen LogP contribution in [0, 0.1) is 6.92 Å². The fourth-order valence-electron chi connectivity index (χ4n) is 3.31. The van der Waals surface area contributed by atoms with Gasteiger partial charge in [-0.2, -0.15) is 0 Å². The second-order valence-electron chi connectivity index (χ2n) is 7.65. The van der Waals surface area contributed by atoms with Crippen molar-refractivity contribution in [3.05, 3.63) is 59.3 Å². The lowest BCUT2D eigenvalue weighted by Crippen LogP contribution is -2.43. The predicted octanol–water partition coefficient (Wildman–Crippen LogP) is 1.98. The molecule has 156 valence electrons. The molecule has 2 aromatic rings. The zero-order valence-corrected chi connectivity index (χ0v) is 17.9. The molecule has 0 aliphatic carbocycles. The molecule has 0 radical (unpaired) electrons. The summed E-state index contributed by atoms with van der Waals surface area (Å²) >= 11 is 0. The lowest BCUT2D eigenvalue weighted by Gasteiger charge is -2.27. The van der Waals surface area contributed by atoms with E-state index in [4.69, 9.17) is 0 Å². The maximum Gasteiger partial charge on any atom is 0.255 e. The van der Waals surface area contributed by atoms with Crippen molar-refractivity contribution >= 4 is 21.6 Å². The molecule has 1 saturated heterocycles. The lowest BCUT2D eigenvalue weighted by atomic mass is 10.0. The largest absolute Gasteiger partial charge is 0.368 e. The number of carbonyl (C=O) groups excluding carboxylic acids is 1. The minimum absolute atomic E-state index is 0.0245. The molecule has 1 aliphatic rings. The van der Waals surface area contributed by atoms with Crippen LogP contribution in [0.15, 0.2) is 42.6 Å². The maximum absolute atomic E-state index is 12.6. The summed E-state index contributed by atoms with van der Waals surface area (Å²) in [5, 5.41) is 3.34. The van der Waals surface area contributed by atoms with Crippen molar-refractivity contribution in [2.24, 2.45) is 0 Å². The van der Waals surface area contributed by atoms with Gasteiger partial charge in [-0.1, -0.05) is 29.8 Å². The highest BCUT2D eigenvalue weighted by Crippen LogP contribution is 2.20. The molecule has 7 nitrogen and oxygen atoms in total. The van der Waals surface area contributed by atoms with Crippen LogP contribution in [0.5, 0.6) is 0 Å². The molecule has 1 N–H and O–H groups in total. The molecule has 1 aliphatic heterocycles. The Morgan fingerprint density at radius 1 is 1.14 bits per heavy atom. The van der Waals surface area contributed by atoms with E-state index < -0.39 is 9.84 Å². The summed E-state index contributed by atoms with van der Waals surface area (Å²) in [6.07, 6.45) is 1.55. The van der Waals surface area contributed by atoms with Gasteiger partial charge in [0.05, 0.1) is 23.1 Å². The fourth-order valence-corrected chi connectivity index (χ4v) is 4.51. The zero-order chi connectivity index (χ0) is 21.0. The van der Waals surface area contributed by atoms with Gasteiger partial charge in [-0.25, -0.2) is 13.4 Å². The second kappa shape index (κ2) is 8.92. The number of aryl methyl sites for hydroxylation is 1. The summed E-state index contributed by atoms with van der Waals surface area (Å²) in [5.41, 5.74) is 2.92. The minimum Gasteiger partial charge on any atom is -0.368 e. The zero-order valence-electron chi connectivity index (χ0n) is 17.1. The van der Waals surface area contributed by atoms with Crippen molar-refractivity contribution in [3.63, 3.8) is 0 Å². The molecule has 1 aromatic carbocycles. The molecule has 3 rings (SSSR count). The Morgan fingerprint density at radius 3 is 2.34 bits per heavy atom. The van der Waals surface area contributed by atoms with E-state index in [1.807, 2.05) is 14.1 Å². The van der Waals surface area contributed by atoms with Gasteiger partial charge in [0, 0.05) is 25.8 Å². The Kier molecular flexibility index (Phi) is 6.54. The highest BCUT2D eigenvalue weighted by molar-refractivity contribution is 7.91. The van der Waals surface area contributed by atoms with Crippen molar-refractivity contribution < 1.29 is 13.2 Å². The first kappa shape index (κ1) is 21.3. The van der Waals surface area contributed by atoms with Gasteiger partial charge in [0.15, 0.2) is 9.84 Å². The van der Waals surface area contributed by atoms with Gasteiger partial charge in [0.2, 0.25) is 0 Å². The highest BCUT2D eigenvalue weighted by atomic mass is 32.2. The molecule has 0 bridgehead atoms. The second-order valence-corrected chi connectivity index (χ2v) is 9.95. The van der Waals surface area contributed by atoms with E-state index >= 15 is 0 Å². The van der Waals surface area contributed by atoms with Crippen molar-refractivity contribution in [3.8, 4) is 0 Å². The summed E-state index contributed by atoms with van der Waals surface area (Å²) in [6.45, 7) is 3.23. The van der Waals surface area contributed by atoms with Crippen molar-refractivity contribution in [1.29, 1.82) is 0 Å². The van der Waals surface area contributed by atoms with Crippen LogP contribution >= 0.6 is 0 Å². The SMILES string of the molecule is Cc1ccc(C(CNc2ccc(C(=O)N3CCS(=O)(=O)CC3)cn2)N(C)C)cc1. The van der Waals surface area contributed by atoms with Gasteiger partial charge >= 0.3 is 0 Å². The molecule has 1 atom stereocenters. The monoisotopic (exact) mass is 416 g/mol. The number of nitrogens with one attached hydrogen (secondary N) is 1. The number of rotatable bonds is 6. The quantitative estimate of drug-likeness (QED) is 0.775. The number of anilines is 1. The number of hydrogen-bond acceptors (Lipinski definition) is 6. The first-order chi connectivity index (χ1) is 13.7. The third kappa shape index (κ3) is 5.55. The van der Waals surface area contributed by atoms with Crippen LogP contribution in [-0.2, 0) is 9.84 Å². The smallest absolute Gasteiger partial charge is 0.255 e. The topological polar surface area (TPSA) is 82.6 Å². The molecule has 0 saturated carbocycles. The van der Waals surface area contributed by atoms with Crippen molar-refractivity contribution in [1.82, 2.24) is 14.8 Å². The summed E-state index contributed by atoms with van der Waals surface area (Å²) in [6, 6.07) is 12.2. The average molecular weight is 417 g/mol. The van der Waals surface area contributed by atoms with Crippen molar-refractivity contribution in [2.45, 2.75) is 13.0 Å².